The minimum absolute atomic E-state index is 0.253. The van der Waals surface area contributed by atoms with Crippen LogP contribution in [0, 0.1) is 0 Å². The van der Waals surface area contributed by atoms with Crippen LogP contribution in [0.2, 0.25) is 0 Å². The molecule has 0 amide bonds. The van der Waals surface area contributed by atoms with E-state index in [1.807, 2.05) is 18.2 Å². The smallest absolute Gasteiger partial charge is 0.249 e. The lowest BCUT2D eigenvalue weighted by molar-refractivity contribution is 0.174. The largest absolute Gasteiger partial charge is 0.454 e. The molecule has 26 heavy (non-hydrogen) atoms. The molecule has 0 saturated carbocycles. The van der Waals surface area contributed by atoms with Crippen molar-refractivity contribution in [2.45, 2.75) is 13.0 Å². The molecule has 0 unspecified atom stereocenters. The third-order valence-electron chi connectivity index (χ3n) is 4.63. The Bertz CT molecular complexity index is 962. The molecule has 0 radical (unpaired) electrons. The summed E-state index contributed by atoms with van der Waals surface area (Å²) in [6.45, 7) is 2.00. The van der Waals surface area contributed by atoms with Gasteiger partial charge in [-0.25, -0.2) is 0 Å². The zero-order valence-corrected chi connectivity index (χ0v) is 14.1. The van der Waals surface area contributed by atoms with Crippen molar-refractivity contribution in [1.82, 2.24) is 15.2 Å². The predicted octanol–water partition coefficient (Wildman–Crippen LogP) is 2.91. The molecular weight excluding hydrogens is 330 g/mol. The zero-order valence-electron chi connectivity index (χ0n) is 14.1. The molecule has 7 nitrogen and oxygen atoms in total. The molecular formula is C19H17N5O2. The molecule has 2 aromatic carbocycles. The van der Waals surface area contributed by atoms with Gasteiger partial charge in [-0.05, 0) is 29.7 Å². The Morgan fingerprint density at radius 3 is 2.85 bits per heavy atom. The molecule has 3 aromatic rings. The van der Waals surface area contributed by atoms with Crippen LogP contribution in [0.25, 0.3) is 0 Å². The van der Waals surface area contributed by atoms with Crippen LogP contribution in [0.1, 0.15) is 11.1 Å². The van der Waals surface area contributed by atoms with E-state index in [1.54, 1.807) is 6.20 Å². The third-order valence-corrected chi connectivity index (χ3v) is 4.63. The maximum absolute atomic E-state index is 5.40. The van der Waals surface area contributed by atoms with E-state index in [4.69, 9.17) is 9.47 Å². The first-order valence-electron chi connectivity index (χ1n) is 8.53. The molecule has 130 valence electrons. The molecule has 2 aliphatic heterocycles. The Morgan fingerprint density at radius 2 is 1.88 bits per heavy atom. The van der Waals surface area contributed by atoms with Crippen LogP contribution < -0.4 is 19.7 Å². The predicted molar refractivity (Wildman–Crippen MR) is 96.9 cm³/mol. The first-order chi connectivity index (χ1) is 12.8. The van der Waals surface area contributed by atoms with Crippen molar-refractivity contribution in [3.8, 4) is 11.5 Å². The second-order valence-electron chi connectivity index (χ2n) is 6.27. The second kappa shape index (κ2) is 6.18. The van der Waals surface area contributed by atoms with Crippen molar-refractivity contribution in [1.29, 1.82) is 0 Å². The van der Waals surface area contributed by atoms with E-state index >= 15 is 0 Å². The van der Waals surface area contributed by atoms with Gasteiger partial charge in [-0.1, -0.05) is 24.3 Å². The fourth-order valence-corrected chi connectivity index (χ4v) is 3.29. The maximum Gasteiger partial charge on any atom is 0.249 e. The molecule has 2 aliphatic rings. The van der Waals surface area contributed by atoms with E-state index in [0.29, 0.717) is 11.7 Å². The highest BCUT2D eigenvalue weighted by Gasteiger charge is 2.18. The molecule has 0 aliphatic carbocycles. The van der Waals surface area contributed by atoms with Crippen LogP contribution in [-0.2, 0) is 13.0 Å². The number of nitrogens with zero attached hydrogens (tertiary/aromatic N) is 4. The van der Waals surface area contributed by atoms with E-state index < -0.39 is 0 Å². The van der Waals surface area contributed by atoms with Gasteiger partial charge in [0.05, 0.1) is 6.20 Å². The van der Waals surface area contributed by atoms with E-state index in [2.05, 4.69) is 49.7 Å². The van der Waals surface area contributed by atoms with Gasteiger partial charge in [0.25, 0.3) is 0 Å². The Hall–Kier alpha value is -3.35. The van der Waals surface area contributed by atoms with Crippen molar-refractivity contribution < 1.29 is 9.47 Å². The summed E-state index contributed by atoms with van der Waals surface area (Å²) in [4.78, 5) is 6.85. The molecule has 0 bridgehead atoms. The molecule has 0 atom stereocenters. The summed E-state index contributed by atoms with van der Waals surface area (Å²) in [6.07, 6.45) is 2.71. The lowest BCUT2D eigenvalue weighted by Crippen LogP contribution is -2.31. The number of aromatic nitrogens is 3. The van der Waals surface area contributed by atoms with Crippen molar-refractivity contribution >= 4 is 17.5 Å². The SMILES string of the molecule is c1ccc2c(c1)CCN(c1cnnc(Nc3ccc4c(c3)OCO4)n1)C2. The van der Waals surface area contributed by atoms with E-state index in [-0.39, 0.29) is 6.79 Å². The Morgan fingerprint density at radius 1 is 1.00 bits per heavy atom. The lowest BCUT2D eigenvalue weighted by Gasteiger charge is -2.29. The average molecular weight is 347 g/mol. The summed E-state index contributed by atoms with van der Waals surface area (Å²) in [6, 6.07) is 14.2. The Balaban J connectivity index is 1.36. The van der Waals surface area contributed by atoms with Gasteiger partial charge in [0.2, 0.25) is 12.7 Å². The second-order valence-corrected chi connectivity index (χ2v) is 6.27. The highest BCUT2D eigenvalue weighted by Crippen LogP contribution is 2.34. The van der Waals surface area contributed by atoms with Crippen molar-refractivity contribution in [2.75, 3.05) is 23.6 Å². The van der Waals surface area contributed by atoms with E-state index in [0.717, 1.165) is 36.8 Å². The fraction of sp³-hybridized carbons (Fsp3) is 0.211. The molecule has 0 fully saturated rings. The van der Waals surface area contributed by atoms with Crippen molar-refractivity contribution in [3.63, 3.8) is 0 Å². The van der Waals surface area contributed by atoms with Gasteiger partial charge in [-0.15, -0.1) is 5.10 Å². The Kier molecular flexibility index (Phi) is 3.55. The summed E-state index contributed by atoms with van der Waals surface area (Å²) >= 11 is 0. The topological polar surface area (TPSA) is 72.4 Å². The molecule has 0 spiro atoms. The summed E-state index contributed by atoms with van der Waals surface area (Å²) in [5.41, 5.74) is 3.57. The fourth-order valence-electron chi connectivity index (χ4n) is 3.29. The molecule has 0 saturated heterocycles. The van der Waals surface area contributed by atoms with Crippen LogP contribution in [0.4, 0.5) is 17.5 Å². The molecule has 3 heterocycles. The zero-order chi connectivity index (χ0) is 17.3. The number of hydrogen-bond donors (Lipinski definition) is 1. The highest BCUT2D eigenvalue weighted by molar-refractivity contribution is 5.61. The summed E-state index contributed by atoms with van der Waals surface area (Å²) in [7, 11) is 0. The minimum atomic E-state index is 0.253. The monoisotopic (exact) mass is 347 g/mol. The number of nitrogens with one attached hydrogen (secondary N) is 1. The molecule has 1 aromatic heterocycles. The van der Waals surface area contributed by atoms with Crippen molar-refractivity contribution in [2.24, 2.45) is 0 Å². The lowest BCUT2D eigenvalue weighted by atomic mass is 10.0. The van der Waals surface area contributed by atoms with Crippen molar-refractivity contribution in [3.05, 3.63) is 59.8 Å². The summed E-state index contributed by atoms with van der Waals surface area (Å²) in [5, 5.41) is 11.4. The first-order valence-corrected chi connectivity index (χ1v) is 8.53. The molecule has 5 rings (SSSR count). The molecule has 1 N–H and O–H groups in total. The van der Waals surface area contributed by atoms with Gasteiger partial charge >= 0.3 is 0 Å². The third kappa shape index (κ3) is 2.77. The molecule has 7 heteroatoms. The number of anilines is 3. The highest BCUT2D eigenvalue weighted by atomic mass is 16.7. The summed E-state index contributed by atoms with van der Waals surface area (Å²) < 4.78 is 10.7. The normalized spacial score (nSPS) is 14.8. The van der Waals surface area contributed by atoms with E-state index in [1.165, 1.54) is 11.1 Å². The van der Waals surface area contributed by atoms with Gasteiger partial charge in [-0.2, -0.15) is 10.1 Å². The Labute approximate surface area is 150 Å². The van der Waals surface area contributed by atoms with Crippen LogP contribution in [-0.4, -0.2) is 28.5 Å². The van der Waals surface area contributed by atoms with Gasteiger partial charge < -0.3 is 19.7 Å². The number of hydrogen-bond acceptors (Lipinski definition) is 7. The van der Waals surface area contributed by atoms with Gasteiger partial charge in [-0.3, -0.25) is 0 Å². The van der Waals surface area contributed by atoms with Crippen LogP contribution in [0.15, 0.2) is 48.7 Å². The van der Waals surface area contributed by atoms with Crippen LogP contribution in [0.3, 0.4) is 0 Å². The first kappa shape index (κ1) is 14.9. The average Bonchev–Trinajstić information content (AvgIpc) is 3.16. The quantitative estimate of drug-likeness (QED) is 0.781. The van der Waals surface area contributed by atoms with Gasteiger partial charge in [0, 0.05) is 24.8 Å². The minimum Gasteiger partial charge on any atom is -0.454 e. The van der Waals surface area contributed by atoms with Gasteiger partial charge in [0.1, 0.15) is 0 Å². The maximum atomic E-state index is 5.40. The number of fused-ring (bicyclic) bond motifs is 2. The van der Waals surface area contributed by atoms with Gasteiger partial charge in [0.15, 0.2) is 17.3 Å². The number of rotatable bonds is 3. The van der Waals surface area contributed by atoms with E-state index in [9.17, 15) is 0 Å². The number of benzene rings is 2. The number of ether oxygens (including phenoxy) is 2. The van der Waals surface area contributed by atoms with Crippen LogP contribution in [0.5, 0.6) is 11.5 Å². The summed E-state index contributed by atoms with van der Waals surface area (Å²) in [5.74, 6) is 2.74. The standard InChI is InChI=1S/C19H17N5O2/c1-2-4-14-11-24(8-7-13(14)3-1)18-10-20-23-19(22-18)21-15-5-6-16-17(9-15)26-12-25-16/h1-6,9-10H,7-8,11-12H2,(H,21,22,23). The van der Waals surface area contributed by atoms with Crippen LogP contribution >= 0.6 is 0 Å².